The van der Waals surface area contributed by atoms with Gasteiger partial charge < -0.3 is 5.32 Å². The van der Waals surface area contributed by atoms with E-state index < -0.39 is 22.5 Å². The number of sulfonamides is 1. The number of halogens is 2. The first-order chi connectivity index (χ1) is 14.3. The third-order valence-electron chi connectivity index (χ3n) is 4.43. The maximum atomic E-state index is 13.3. The summed E-state index contributed by atoms with van der Waals surface area (Å²) in [4.78, 5) is 12.8. The summed E-state index contributed by atoms with van der Waals surface area (Å²) in [5, 5.41) is 3.37. The fraction of sp³-hybridized carbons (Fsp3) is 0.136. The Morgan fingerprint density at radius 2 is 1.47 bits per heavy atom. The highest BCUT2D eigenvalue weighted by molar-refractivity contribution is 7.92. The highest BCUT2D eigenvalue weighted by atomic mass is 35.5. The smallest absolute Gasteiger partial charge is 0.264 e. The fourth-order valence-electron chi connectivity index (χ4n) is 2.96. The summed E-state index contributed by atoms with van der Waals surface area (Å²) < 4.78 is 27.6. The van der Waals surface area contributed by atoms with E-state index in [1.807, 2.05) is 37.3 Å². The third-order valence-corrected chi connectivity index (χ3v) is 6.66. The second kappa shape index (κ2) is 9.51. The van der Waals surface area contributed by atoms with Crippen LogP contribution in [0.4, 0.5) is 5.69 Å². The molecule has 1 atom stereocenters. The molecule has 1 amide bonds. The Hall–Kier alpha value is -2.54. The van der Waals surface area contributed by atoms with E-state index in [1.165, 1.54) is 30.3 Å². The van der Waals surface area contributed by atoms with Gasteiger partial charge >= 0.3 is 0 Å². The molecule has 1 N–H and O–H groups in total. The Kier molecular flexibility index (Phi) is 7.02. The van der Waals surface area contributed by atoms with Crippen molar-refractivity contribution in [2.45, 2.75) is 17.9 Å². The predicted molar refractivity (Wildman–Crippen MR) is 120 cm³/mol. The summed E-state index contributed by atoms with van der Waals surface area (Å²) in [7, 11) is -4.03. The van der Waals surface area contributed by atoms with Gasteiger partial charge in [-0.2, -0.15) is 0 Å². The number of rotatable bonds is 7. The van der Waals surface area contributed by atoms with Crippen molar-refractivity contribution in [2.24, 2.45) is 0 Å². The Morgan fingerprint density at radius 1 is 0.933 bits per heavy atom. The molecular formula is C22H20Cl2N2O3S. The third kappa shape index (κ3) is 5.33. The van der Waals surface area contributed by atoms with Crippen molar-refractivity contribution in [3.63, 3.8) is 0 Å². The average Bonchev–Trinajstić information content (AvgIpc) is 2.72. The van der Waals surface area contributed by atoms with Crippen molar-refractivity contribution in [2.75, 3.05) is 10.8 Å². The highest BCUT2D eigenvalue weighted by Gasteiger charge is 2.28. The minimum absolute atomic E-state index is 0.0602. The van der Waals surface area contributed by atoms with Crippen LogP contribution in [0, 0.1) is 0 Å². The van der Waals surface area contributed by atoms with Crippen molar-refractivity contribution >= 4 is 44.8 Å². The average molecular weight is 463 g/mol. The first-order valence-corrected chi connectivity index (χ1v) is 11.3. The molecule has 3 aromatic rings. The van der Waals surface area contributed by atoms with Crippen LogP contribution in [-0.2, 0) is 14.8 Å². The van der Waals surface area contributed by atoms with Crippen LogP contribution in [0.25, 0.3) is 0 Å². The molecule has 0 spiro atoms. The van der Waals surface area contributed by atoms with Crippen LogP contribution >= 0.6 is 23.2 Å². The fourth-order valence-corrected chi connectivity index (χ4v) is 4.90. The molecule has 156 valence electrons. The van der Waals surface area contributed by atoms with Crippen LogP contribution in [0.1, 0.15) is 18.5 Å². The van der Waals surface area contributed by atoms with Crippen molar-refractivity contribution in [1.82, 2.24) is 5.32 Å². The van der Waals surface area contributed by atoms with Gasteiger partial charge in [-0.25, -0.2) is 8.42 Å². The molecule has 5 nitrogen and oxygen atoms in total. The second-order valence-corrected chi connectivity index (χ2v) is 9.39. The normalized spacial score (nSPS) is 12.2. The summed E-state index contributed by atoms with van der Waals surface area (Å²) in [6, 6.07) is 21.4. The number of carbonyl (C=O) groups excluding carboxylic acids is 1. The summed E-state index contributed by atoms with van der Waals surface area (Å²) in [5.41, 5.74) is 1.12. The van der Waals surface area contributed by atoms with E-state index in [0.717, 1.165) is 9.87 Å². The molecule has 0 aliphatic heterocycles. The van der Waals surface area contributed by atoms with E-state index >= 15 is 0 Å². The van der Waals surface area contributed by atoms with Gasteiger partial charge in [0.15, 0.2) is 0 Å². The van der Waals surface area contributed by atoms with E-state index in [-0.39, 0.29) is 26.7 Å². The summed E-state index contributed by atoms with van der Waals surface area (Å²) in [6.07, 6.45) is 0. The van der Waals surface area contributed by atoms with Gasteiger partial charge in [0.25, 0.3) is 10.0 Å². The SMILES string of the molecule is C[C@@H](NC(=O)CN(c1cc(Cl)cc(Cl)c1)S(=O)(=O)c1ccccc1)c1ccccc1. The molecule has 0 saturated carbocycles. The Bertz CT molecular complexity index is 1100. The molecule has 0 radical (unpaired) electrons. The van der Waals surface area contributed by atoms with E-state index in [2.05, 4.69) is 5.32 Å². The molecule has 0 aliphatic rings. The number of carbonyl (C=O) groups is 1. The number of hydrogen-bond donors (Lipinski definition) is 1. The number of nitrogens with one attached hydrogen (secondary N) is 1. The minimum atomic E-state index is -4.03. The minimum Gasteiger partial charge on any atom is -0.348 e. The topological polar surface area (TPSA) is 66.5 Å². The van der Waals surface area contributed by atoms with Crippen molar-refractivity contribution in [3.8, 4) is 0 Å². The van der Waals surface area contributed by atoms with Crippen molar-refractivity contribution < 1.29 is 13.2 Å². The monoisotopic (exact) mass is 462 g/mol. The molecule has 0 heterocycles. The van der Waals surface area contributed by atoms with Crippen LogP contribution in [0.15, 0.2) is 83.8 Å². The van der Waals surface area contributed by atoms with Gasteiger partial charge in [0.2, 0.25) is 5.91 Å². The molecule has 0 unspecified atom stereocenters. The van der Waals surface area contributed by atoms with Crippen molar-refractivity contribution in [1.29, 1.82) is 0 Å². The van der Waals surface area contributed by atoms with Crippen LogP contribution in [0.5, 0.6) is 0 Å². The zero-order chi connectivity index (χ0) is 21.7. The Labute approximate surface area is 186 Å². The summed E-state index contributed by atoms with van der Waals surface area (Å²) >= 11 is 12.2. The Morgan fingerprint density at radius 3 is 2.03 bits per heavy atom. The zero-order valence-corrected chi connectivity index (χ0v) is 18.5. The van der Waals surface area contributed by atoms with Gasteiger partial charge in [-0.3, -0.25) is 9.10 Å². The van der Waals surface area contributed by atoms with E-state index in [1.54, 1.807) is 18.2 Å². The van der Waals surface area contributed by atoms with Gasteiger partial charge in [-0.05, 0) is 42.8 Å². The largest absolute Gasteiger partial charge is 0.348 e. The molecule has 0 aliphatic carbocycles. The van der Waals surface area contributed by atoms with Gasteiger partial charge in [0.1, 0.15) is 6.54 Å². The van der Waals surface area contributed by atoms with Crippen LogP contribution in [-0.4, -0.2) is 20.9 Å². The molecule has 3 rings (SSSR count). The molecule has 8 heteroatoms. The molecular weight excluding hydrogens is 443 g/mol. The molecule has 0 aromatic heterocycles. The number of benzene rings is 3. The first kappa shape index (κ1) is 22.2. The Balaban J connectivity index is 1.93. The van der Waals surface area contributed by atoms with E-state index in [4.69, 9.17) is 23.2 Å². The summed E-state index contributed by atoms with van der Waals surface area (Å²) in [5.74, 6) is -0.457. The quantitative estimate of drug-likeness (QED) is 0.532. The summed E-state index contributed by atoms with van der Waals surface area (Å²) in [6.45, 7) is 1.41. The molecule has 3 aromatic carbocycles. The van der Waals surface area contributed by atoms with Gasteiger partial charge in [-0.15, -0.1) is 0 Å². The highest BCUT2D eigenvalue weighted by Crippen LogP contribution is 2.29. The zero-order valence-electron chi connectivity index (χ0n) is 16.1. The number of nitrogens with zero attached hydrogens (tertiary/aromatic N) is 1. The number of amides is 1. The lowest BCUT2D eigenvalue weighted by molar-refractivity contribution is -0.120. The van der Waals surface area contributed by atoms with Gasteiger partial charge in [0, 0.05) is 10.0 Å². The number of hydrogen-bond acceptors (Lipinski definition) is 3. The molecule has 30 heavy (non-hydrogen) atoms. The molecule has 0 saturated heterocycles. The lowest BCUT2D eigenvalue weighted by atomic mass is 10.1. The maximum Gasteiger partial charge on any atom is 0.264 e. The number of anilines is 1. The van der Waals surface area contributed by atoms with Gasteiger partial charge in [0.05, 0.1) is 16.6 Å². The van der Waals surface area contributed by atoms with E-state index in [9.17, 15) is 13.2 Å². The standard InChI is InChI=1S/C22H20Cl2N2O3S/c1-16(17-8-4-2-5-9-17)25-22(27)15-26(20-13-18(23)12-19(24)14-20)30(28,29)21-10-6-3-7-11-21/h2-14,16H,15H2,1H3,(H,25,27)/t16-/m1/s1. The van der Waals surface area contributed by atoms with E-state index in [0.29, 0.717) is 0 Å². The van der Waals surface area contributed by atoms with Crippen LogP contribution in [0.3, 0.4) is 0 Å². The predicted octanol–water partition coefficient (Wildman–Crippen LogP) is 5.07. The van der Waals surface area contributed by atoms with Crippen LogP contribution in [0.2, 0.25) is 10.0 Å². The first-order valence-electron chi connectivity index (χ1n) is 9.15. The molecule has 0 bridgehead atoms. The maximum absolute atomic E-state index is 13.3. The van der Waals surface area contributed by atoms with Crippen LogP contribution < -0.4 is 9.62 Å². The van der Waals surface area contributed by atoms with Crippen molar-refractivity contribution in [3.05, 3.63) is 94.5 Å². The van der Waals surface area contributed by atoms with Gasteiger partial charge in [-0.1, -0.05) is 71.7 Å². The lowest BCUT2D eigenvalue weighted by Crippen LogP contribution is -2.41. The molecule has 0 fully saturated rings. The second-order valence-electron chi connectivity index (χ2n) is 6.65. The lowest BCUT2D eigenvalue weighted by Gasteiger charge is -2.25.